The lowest BCUT2D eigenvalue weighted by Crippen LogP contribution is -2.52. The Hall–Kier alpha value is -3.52. The van der Waals surface area contributed by atoms with Crippen LogP contribution in [0.3, 0.4) is 0 Å². The van der Waals surface area contributed by atoms with E-state index in [0.29, 0.717) is 11.5 Å². The molecular weight excluding hydrogens is 520 g/mol. The van der Waals surface area contributed by atoms with Crippen LogP contribution in [-0.2, 0) is 5.54 Å². The summed E-state index contributed by atoms with van der Waals surface area (Å²) in [4.78, 5) is 9.78. The SMILES string of the molecule is OCCC1CCCN(C2=CCC=C(c3cnn4ccc(N5CC[C@H]6CC[C@]65c5cc(F)ccc5F)nc34)C=C2)CC1. The molecule has 0 spiro atoms. The Balaban J connectivity index is 1.16. The number of hydrogen-bond acceptors (Lipinski definition) is 5. The van der Waals surface area contributed by atoms with Gasteiger partial charge in [-0.15, -0.1) is 0 Å². The fourth-order valence-electron chi connectivity index (χ4n) is 7.65. The van der Waals surface area contributed by atoms with Crippen molar-refractivity contribution in [2.24, 2.45) is 11.8 Å². The molecule has 0 bridgehead atoms. The van der Waals surface area contributed by atoms with E-state index < -0.39 is 11.4 Å². The average Bonchev–Trinajstić information content (AvgIpc) is 3.24. The normalized spacial score (nSPS) is 26.3. The van der Waals surface area contributed by atoms with Crippen LogP contribution in [-0.4, -0.2) is 50.8 Å². The number of allylic oxidation sites excluding steroid dienone is 5. The van der Waals surface area contributed by atoms with E-state index in [9.17, 15) is 9.50 Å². The zero-order valence-electron chi connectivity index (χ0n) is 23.4. The maximum absolute atomic E-state index is 15.1. The minimum atomic E-state index is -0.554. The molecule has 1 N–H and O–H groups in total. The van der Waals surface area contributed by atoms with Crippen molar-refractivity contribution in [3.63, 3.8) is 0 Å². The van der Waals surface area contributed by atoms with Crippen molar-refractivity contribution < 1.29 is 13.9 Å². The van der Waals surface area contributed by atoms with Crippen LogP contribution in [0.25, 0.3) is 11.2 Å². The van der Waals surface area contributed by atoms with Crippen LogP contribution in [0.15, 0.2) is 66.7 Å². The first-order valence-corrected chi connectivity index (χ1v) is 15.1. The van der Waals surface area contributed by atoms with Gasteiger partial charge in [0.05, 0.1) is 11.7 Å². The van der Waals surface area contributed by atoms with Gasteiger partial charge >= 0.3 is 0 Å². The van der Waals surface area contributed by atoms with Crippen molar-refractivity contribution >= 4 is 17.0 Å². The summed E-state index contributed by atoms with van der Waals surface area (Å²) in [7, 11) is 0. The van der Waals surface area contributed by atoms with Crippen LogP contribution in [0, 0.1) is 23.5 Å². The molecule has 6 nitrogen and oxygen atoms in total. The molecule has 0 amide bonds. The predicted molar refractivity (Wildman–Crippen MR) is 156 cm³/mol. The molecule has 0 radical (unpaired) electrons. The average molecular weight is 558 g/mol. The highest BCUT2D eigenvalue weighted by atomic mass is 19.1. The van der Waals surface area contributed by atoms with Crippen molar-refractivity contribution in [3.05, 3.63) is 89.4 Å². The fourth-order valence-corrected chi connectivity index (χ4v) is 7.65. The van der Waals surface area contributed by atoms with E-state index in [1.165, 1.54) is 30.3 Å². The molecule has 2 aromatic heterocycles. The second-order valence-electron chi connectivity index (χ2n) is 12.0. The molecule has 1 saturated carbocycles. The zero-order valence-corrected chi connectivity index (χ0v) is 23.4. The van der Waals surface area contributed by atoms with Gasteiger partial charge in [0.2, 0.25) is 0 Å². The number of rotatable bonds is 6. The van der Waals surface area contributed by atoms with E-state index in [1.807, 2.05) is 18.5 Å². The molecule has 7 rings (SSSR count). The van der Waals surface area contributed by atoms with Crippen molar-refractivity contribution in [3.8, 4) is 0 Å². The summed E-state index contributed by atoms with van der Waals surface area (Å²) in [6, 6.07) is 5.78. The van der Waals surface area contributed by atoms with E-state index in [-0.39, 0.29) is 18.3 Å². The van der Waals surface area contributed by atoms with Gasteiger partial charge in [-0.05, 0) is 99.1 Å². The van der Waals surface area contributed by atoms with Gasteiger partial charge < -0.3 is 14.9 Å². The molecule has 4 heterocycles. The van der Waals surface area contributed by atoms with Crippen molar-refractivity contribution in [2.75, 3.05) is 31.1 Å². The first kappa shape index (κ1) is 26.4. The highest BCUT2D eigenvalue weighted by Gasteiger charge is 2.57. The summed E-state index contributed by atoms with van der Waals surface area (Å²) in [6.45, 7) is 3.09. The summed E-state index contributed by atoms with van der Waals surface area (Å²) in [5.74, 6) is 0.926. The summed E-state index contributed by atoms with van der Waals surface area (Å²) in [6.07, 6.45) is 20.6. The molecule has 2 saturated heterocycles. The van der Waals surface area contributed by atoms with Crippen LogP contribution in [0.5, 0.6) is 0 Å². The largest absolute Gasteiger partial charge is 0.396 e. The molecule has 41 heavy (non-hydrogen) atoms. The van der Waals surface area contributed by atoms with Gasteiger partial charge in [-0.1, -0.05) is 18.2 Å². The van der Waals surface area contributed by atoms with Gasteiger partial charge in [0.15, 0.2) is 5.65 Å². The third-order valence-corrected chi connectivity index (χ3v) is 9.92. The van der Waals surface area contributed by atoms with Crippen LogP contribution in [0.4, 0.5) is 14.6 Å². The van der Waals surface area contributed by atoms with Crippen LogP contribution < -0.4 is 4.90 Å². The van der Waals surface area contributed by atoms with Crippen molar-refractivity contribution in [1.29, 1.82) is 0 Å². The van der Waals surface area contributed by atoms with Gasteiger partial charge in [0.1, 0.15) is 17.5 Å². The Morgan fingerprint density at radius 3 is 2.78 bits per heavy atom. The van der Waals surface area contributed by atoms with E-state index >= 15 is 4.39 Å². The number of aliphatic hydroxyl groups excluding tert-OH is 1. The lowest BCUT2D eigenvalue weighted by Gasteiger charge is -2.51. The van der Waals surface area contributed by atoms with E-state index in [4.69, 9.17) is 4.98 Å². The number of benzene rings is 1. The fraction of sp³-hybridized carbons (Fsp3) is 0.455. The Bertz CT molecular complexity index is 1540. The number of likely N-dealkylation sites (tertiary alicyclic amines) is 1. The molecule has 4 aliphatic rings. The Morgan fingerprint density at radius 1 is 1.00 bits per heavy atom. The van der Waals surface area contributed by atoms with Crippen LogP contribution in [0.2, 0.25) is 0 Å². The summed E-state index contributed by atoms with van der Waals surface area (Å²) >= 11 is 0. The number of fused-ring (bicyclic) bond motifs is 2. The molecule has 1 unspecified atom stereocenters. The van der Waals surface area contributed by atoms with Gasteiger partial charge in [-0.3, -0.25) is 0 Å². The molecule has 214 valence electrons. The van der Waals surface area contributed by atoms with Gasteiger partial charge in [-0.2, -0.15) is 5.10 Å². The van der Waals surface area contributed by atoms with E-state index in [0.717, 1.165) is 87.2 Å². The summed E-state index contributed by atoms with van der Waals surface area (Å²) in [5.41, 5.74) is 3.95. The topological polar surface area (TPSA) is 56.9 Å². The standard InChI is InChI=1S/C33H37F2N5O/c34-26-7-9-30(35)29(21-26)33-15-10-25(33)12-18-39(33)31-13-19-40-32(37-31)28(22-36-40)24-4-1-5-27(8-6-24)38-16-2-3-23(11-17-38)14-20-41/h4-9,13,19,21-23,25,41H,1-3,10-12,14-18,20H2/t23?,25-,33-/m1/s1. The monoisotopic (exact) mass is 557 g/mol. The maximum atomic E-state index is 15.1. The molecule has 2 aliphatic heterocycles. The minimum Gasteiger partial charge on any atom is -0.396 e. The summed E-state index contributed by atoms with van der Waals surface area (Å²) < 4.78 is 31.2. The first-order valence-electron chi connectivity index (χ1n) is 15.1. The van der Waals surface area contributed by atoms with Crippen molar-refractivity contribution in [2.45, 2.75) is 56.9 Å². The highest BCUT2D eigenvalue weighted by molar-refractivity contribution is 5.83. The van der Waals surface area contributed by atoms with Crippen molar-refractivity contribution in [1.82, 2.24) is 19.5 Å². The highest BCUT2D eigenvalue weighted by Crippen LogP contribution is 2.58. The van der Waals surface area contributed by atoms with Crippen LogP contribution in [0.1, 0.15) is 62.5 Å². The number of aliphatic hydroxyl groups is 1. The maximum Gasteiger partial charge on any atom is 0.165 e. The zero-order chi connectivity index (χ0) is 28.0. The quantitative estimate of drug-likeness (QED) is 0.389. The first-order chi connectivity index (χ1) is 20.1. The lowest BCUT2D eigenvalue weighted by atomic mass is 9.63. The molecule has 8 heteroatoms. The third kappa shape index (κ3) is 4.56. The summed E-state index contributed by atoms with van der Waals surface area (Å²) in [5, 5.41) is 14.0. The number of nitrogens with zero attached hydrogens (tertiary/aromatic N) is 5. The smallest absolute Gasteiger partial charge is 0.165 e. The molecule has 1 aromatic carbocycles. The molecule has 2 aliphatic carbocycles. The second kappa shape index (κ2) is 10.7. The predicted octanol–water partition coefficient (Wildman–Crippen LogP) is 6.23. The lowest BCUT2D eigenvalue weighted by molar-refractivity contribution is 0.154. The number of halogens is 2. The van der Waals surface area contributed by atoms with E-state index in [1.54, 1.807) is 4.52 Å². The molecule has 3 aromatic rings. The van der Waals surface area contributed by atoms with Gasteiger partial charge in [0.25, 0.3) is 0 Å². The Labute approximate surface area is 239 Å². The van der Waals surface area contributed by atoms with Gasteiger partial charge in [0, 0.05) is 49.3 Å². The molecule has 3 atom stereocenters. The number of anilines is 1. The third-order valence-electron chi connectivity index (χ3n) is 9.92. The Kier molecular flexibility index (Phi) is 6.89. The number of hydrogen-bond donors (Lipinski definition) is 1. The molecular formula is C33H37F2N5O. The minimum absolute atomic E-state index is 0.275. The number of aromatic nitrogens is 3. The molecule has 3 fully saturated rings. The van der Waals surface area contributed by atoms with Crippen LogP contribution >= 0.6 is 0 Å². The van der Waals surface area contributed by atoms with Gasteiger partial charge in [-0.25, -0.2) is 18.3 Å². The second-order valence-corrected chi connectivity index (χ2v) is 12.0. The van der Waals surface area contributed by atoms with E-state index in [2.05, 4.69) is 39.2 Å². The Morgan fingerprint density at radius 2 is 1.93 bits per heavy atom.